The topological polar surface area (TPSA) is 64.4 Å². The zero-order chi connectivity index (χ0) is 13.1. The lowest BCUT2D eigenvalue weighted by molar-refractivity contribution is -0.386. The van der Waals surface area contributed by atoms with Gasteiger partial charge in [0, 0.05) is 18.7 Å². The van der Waals surface area contributed by atoms with Crippen LogP contribution in [0.2, 0.25) is 0 Å². The first-order chi connectivity index (χ1) is 8.61. The summed E-state index contributed by atoms with van der Waals surface area (Å²) in [5.74, 6) is 0.104. The van der Waals surface area contributed by atoms with Gasteiger partial charge in [-0.2, -0.15) is 4.39 Å². The molecule has 0 aliphatic heterocycles. The first-order valence-corrected chi connectivity index (χ1v) is 5.87. The molecule has 1 aromatic carbocycles. The molecule has 1 aliphatic carbocycles. The van der Waals surface area contributed by atoms with Crippen LogP contribution in [-0.2, 0) is 0 Å². The second-order valence-corrected chi connectivity index (χ2v) is 4.42. The highest BCUT2D eigenvalue weighted by atomic mass is 19.1. The van der Waals surface area contributed by atoms with Gasteiger partial charge < -0.3 is 10.1 Å². The predicted molar refractivity (Wildman–Crippen MR) is 65.4 cm³/mol. The molecular weight excluding hydrogens is 239 g/mol. The number of nitro groups is 1. The normalized spacial score (nSPS) is 14.3. The third-order valence-corrected chi connectivity index (χ3v) is 3.02. The molecule has 6 heteroatoms. The van der Waals surface area contributed by atoms with Crippen LogP contribution in [0.25, 0.3) is 0 Å². The van der Waals surface area contributed by atoms with Gasteiger partial charge >= 0.3 is 5.69 Å². The maximum atomic E-state index is 13.6. The summed E-state index contributed by atoms with van der Waals surface area (Å²) in [5, 5.41) is 13.8. The van der Waals surface area contributed by atoms with Gasteiger partial charge in [-0.3, -0.25) is 10.1 Å². The smallest absolute Gasteiger partial charge is 0.327 e. The van der Waals surface area contributed by atoms with Gasteiger partial charge in [-0.1, -0.05) is 12.8 Å². The van der Waals surface area contributed by atoms with E-state index in [9.17, 15) is 14.5 Å². The minimum absolute atomic E-state index is 0.178. The Morgan fingerprint density at radius 1 is 1.56 bits per heavy atom. The van der Waals surface area contributed by atoms with E-state index < -0.39 is 16.4 Å². The number of nitrogens with one attached hydrogen (secondary N) is 1. The Morgan fingerprint density at radius 3 is 2.83 bits per heavy atom. The van der Waals surface area contributed by atoms with Crippen molar-refractivity contribution >= 4 is 11.4 Å². The molecule has 0 spiro atoms. The standard InChI is InChI=1S/C12H15FN2O3/c1-18-9-6-10(13)12(15(16)17)11(7-9)14-5-4-8-2-3-8/h6-8,14H,2-5H2,1H3. The van der Waals surface area contributed by atoms with Gasteiger partial charge in [0.05, 0.1) is 12.0 Å². The fourth-order valence-corrected chi connectivity index (χ4v) is 1.83. The van der Waals surface area contributed by atoms with Gasteiger partial charge in [-0.25, -0.2) is 0 Å². The number of nitro benzene ring substituents is 1. The highest BCUT2D eigenvalue weighted by Crippen LogP contribution is 2.34. The molecule has 0 unspecified atom stereocenters. The van der Waals surface area contributed by atoms with E-state index in [0.717, 1.165) is 12.5 Å². The first-order valence-electron chi connectivity index (χ1n) is 5.87. The Balaban J connectivity index is 2.17. The van der Waals surface area contributed by atoms with Gasteiger partial charge in [-0.05, 0) is 12.3 Å². The SMILES string of the molecule is COc1cc(F)c([N+](=O)[O-])c(NCCC2CC2)c1. The van der Waals surface area contributed by atoms with Gasteiger partial charge in [0.1, 0.15) is 11.4 Å². The molecule has 1 N–H and O–H groups in total. The van der Waals surface area contributed by atoms with E-state index in [4.69, 9.17) is 4.74 Å². The number of hydrogen-bond donors (Lipinski definition) is 1. The molecule has 0 radical (unpaired) electrons. The summed E-state index contributed by atoms with van der Waals surface area (Å²) in [5.41, 5.74) is -0.343. The molecule has 98 valence electrons. The lowest BCUT2D eigenvalue weighted by Gasteiger charge is -2.09. The maximum Gasteiger partial charge on any atom is 0.327 e. The van der Waals surface area contributed by atoms with E-state index in [1.807, 2.05) is 0 Å². The maximum absolute atomic E-state index is 13.6. The number of ether oxygens (including phenoxy) is 1. The van der Waals surface area contributed by atoms with Crippen LogP contribution in [0, 0.1) is 21.8 Å². The van der Waals surface area contributed by atoms with E-state index in [0.29, 0.717) is 12.5 Å². The first kappa shape index (κ1) is 12.6. The van der Waals surface area contributed by atoms with Crippen LogP contribution in [0.4, 0.5) is 15.8 Å². The van der Waals surface area contributed by atoms with Crippen molar-refractivity contribution < 1.29 is 14.1 Å². The number of hydrogen-bond acceptors (Lipinski definition) is 4. The van der Waals surface area contributed by atoms with Crippen LogP contribution in [0.5, 0.6) is 5.75 Å². The summed E-state index contributed by atoms with van der Waals surface area (Å²) in [6.45, 7) is 0.609. The molecule has 5 nitrogen and oxygen atoms in total. The third kappa shape index (κ3) is 2.88. The zero-order valence-electron chi connectivity index (χ0n) is 10.1. The summed E-state index contributed by atoms with van der Waals surface area (Å²) in [4.78, 5) is 10.1. The zero-order valence-corrected chi connectivity index (χ0v) is 10.1. The summed E-state index contributed by atoms with van der Waals surface area (Å²) >= 11 is 0. The highest BCUT2D eigenvalue weighted by Gasteiger charge is 2.24. The van der Waals surface area contributed by atoms with Crippen LogP contribution in [-0.4, -0.2) is 18.6 Å². The Morgan fingerprint density at radius 2 is 2.28 bits per heavy atom. The molecule has 2 rings (SSSR count). The summed E-state index contributed by atoms with van der Waals surface area (Å²) < 4.78 is 18.5. The molecule has 1 fully saturated rings. The molecule has 0 saturated heterocycles. The van der Waals surface area contributed by atoms with Gasteiger partial charge in [0.15, 0.2) is 0 Å². The van der Waals surface area contributed by atoms with Crippen molar-refractivity contribution in [2.45, 2.75) is 19.3 Å². The van der Waals surface area contributed by atoms with Crippen LogP contribution in [0.15, 0.2) is 12.1 Å². The Hall–Kier alpha value is -1.85. The Labute approximate surface area is 104 Å². The largest absolute Gasteiger partial charge is 0.497 e. The van der Waals surface area contributed by atoms with Crippen molar-refractivity contribution in [1.29, 1.82) is 0 Å². The number of rotatable bonds is 6. The molecule has 0 amide bonds. The molecule has 1 aliphatic rings. The Bertz CT molecular complexity index is 461. The van der Waals surface area contributed by atoms with Crippen molar-refractivity contribution in [3.05, 3.63) is 28.1 Å². The summed E-state index contributed by atoms with van der Waals surface area (Å²) in [6.07, 6.45) is 3.39. The monoisotopic (exact) mass is 254 g/mol. The summed E-state index contributed by atoms with van der Waals surface area (Å²) in [7, 11) is 1.40. The molecule has 18 heavy (non-hydrogen) atoms. The van der Waals surface area contributed by atoms with Crippen LogP contribution in [0.3, 0.4) is 0 Å². The number of benzene rings is 1. The molecule has 0 bridgehead atoms. The average Bonchev–Trinajstić information content (AvgIpc) is 3.11. The molecule has 0 heterocycles. The minimum Gasteiger partial charge on any atom is -0.497 e. The van der Waals surface area contributed by atoms with Crippen LogP contribution >= 0.6 is 0 Å². The molecule has 1 aromatic rings. The number of nitrogens with zero attached hydrogens (tertiary/aromatic N) is 1. The molecule has 0 aromatic heterocycles. The lowest BCUT2D eigenvalue weighted by atomic mass is 10.2. The van der Waals surface area contributed by atoms with Crippen molar-refractivity contribution in [2.75, 3.05) is 19.0 Å². The highest BCUT2D eigenvalue weighted by molar-refractivity contribution is 5.65. The fraction of sp³-hybridized carbons (Fsp3) is 0.500. The molecular formula is C12H15FN2O3. The second-order valence-electron chi connectivity index (χ2n) is 4.42. The number of halogens is 1. The number of methoxy groups -OCH3 is 1. The van der Waals surface area contributed by atoms with E-state index in [2.05, 4.69) is 5.32 Å². The van der Waals surface area contributed by atoms with Crippen molar-refractivity contribution in [3.63, 3.8) is 0 Å². The van der Waals surface area contributed by atoms with E-state index >= 15 is 0 Å². The van der Waals surface area contributed by atoms with E-state index in [1.165, 1.54) is 26.0 Å². The lowest BCUT2D eigenvalue weighted by Crippen LogP contribution is -2.06. The van der Waals surface area contributed by atoms with Crippen molar-refractivity contribution in [1.82, 2.24) is 0 Å². The van der Waals surface area contributed by atoms with Gasteiger partial charge in [0.25, 0.3) is 0 Å². The van der Waals surface area contributed by atoms with E-state index in [1.54, 1.807) is 0 Å². The van der Waals surface area contributed by atoms with Gasteiger partial charge in [-0.15, -0.1) is 0 Å². The van der Waals surface area contributed by atoms with Crippen LogP contribution < -0.4 is 10.1 Å². The quantitative estimate of drug-likeness (QED) is 0.626. The molecule has 1 saturated carbocycles. The third-order valence-electron chi connectivity index (χ3n) is 3.02. The predicted octanol–water partition coefficient (Wildman–Crippen LogP) is 2.95. The Kier molecular flexibility index (Phi) is 3.64. The van der Waals surface area contributed by atoms with Crippen molar-refractivity contribution in [3.8, 4) is 5.75 Å². The summed E-state index contributed by atoms with van der Waals surface area (Å²) in [6, 6.07) is 2.47. The average molecular weight is 254 g/mol. The van der Waals surface area contributed by atoms with Gasteiger partial charge in [0.2, 0.25) is 5.82 Å². The molecule has 0 atom stereocenters. The minimum atomic E-state index is -0.881. The second kappa shape index (κ2) is 5.20. The fourth-order valence-electron chi connectivity index (χ4n) is 1.83. The van der Waals surface area contributed by atoms with Crippen molar-refractivity contribution in [2.24, 2.45) is 5.92 Å². The number of anilines is 1. The van der Waals surface area contributed by atoms with Crippen LogP contribution in [0.1, 0.15) is 19.3 Å². The van der Waals surface area contributed by atoms with E-state index in [-0.39, 0.29) is 11.4 Å².